The molecule has 0 aliphatic carbocycles. The third kappa shape index (κ3) is 2.96. The highest BCUT2D eigenvalue weighted by atomic mass is 32.2. The van der Waals surface area contributed by atoms with Gasteiger partial charge in [-0.3, -0.25) is 4.79 Å². The molecule has 2 rings (SSSR count). The van der Waals surface area contributed by atoms with E-state index >= 15 is 0 Å². The average Bonchev–Trinajstić information content (AvgIpc) is 2.41. The number of benzene rings is 1. The molecule has 98 valence electrons. The summed E-state index contributed by atoms with van der Waals surface area (Å²) in [7, 11) is 0.191. The van der Waals surface area contributed by atoms with Crippen LogP contribution in [0.4, 0.5) is 0 Å². The highest BCUT2D eigenvalue weighted by molar-refractivity contribution is 7.98. The molecule has 18 heavy (non-hydrogen) atoms. The van der Waals surface area contributed by atoms with Gasteiger partial charge < -0.3 is 4.74 Å². The fraction of sp³-hybridized carbons (Fsp3) is 0.533. The average molecular weight is 265 g/mol. The van der Waals surface area contributed by atoms with Gasteiger partial charge in [0.2, 0.25) is 5.78 Å². The lowest BCUT2D eigenvalue weighted by Crippen LogP contribution is -2.38. The lowest BCUT2D eigenvalue weighted by molar-refractivity contribution is 0.0991. The minimum Gasteiger partial charge on any atom is -0.372 e. The fourth-order valence-corrected chi connectivity index (χ4v) is 4.27. The van der Waals surface area contributed by atoms with Gasteiger partial charge in [-0.05, 0) is 32.4 Å². The van der Waals surface area contributed by atoms with Crippen molar-refractivity contribution >= 4 is 16.7 Å². The van der Waals surface area contributed by atoms with Gasteiger partial charge in [-0.25, -0.2) is 0 Å². The Morgan fingerprint density at radius 3 is 2.61 bits per heavy atom. The summed E-state index contributed by atoms with van der Waals surface area (Å²) in [6.45, 7) is 7.77. The third-order valence-corrected chi connectivity index (χ3v) is 6.10. The van der Waals surface area contributed by atoms with Crippen molar-refractivity contribution in [1.29, 1.82) is 0 Å². The molecule has 0 radical (unpaired) electrons. The van der Waals surface area contributed by atoms with Crippen LogP contribution < -0.4 is 0 Å². The summed E-state index contributed by atoms with van der Waals surface area (Å²) in [6, 6.07) is 6.13. The fourth-order valence-electron chi connectivity index (χ4n) is 2.26. The number of Topliss-reactive ketones (excluding diaryl/α,β-unsaturated/α-hetero) is 1. The molecule has 1 atom stereocenters. The maximum atomic E-state index is 12.6. The predicted molar refractivity (Wildman–Crippen MR) is 77.6 cm³/mol. The number of ether oxygens (including phenoxy) is 1. The molecular weight excluding hydrogens is 244 g/mol. The van der Waals surface area contributed by atoms with E-state index in [1.165, 1.54) is 0 Å². The van der Waals surface area contributed by atoms with Gasteiger partial charge in [0.1, 0.15) is 11.5 Å². The van der Waals surface area contributed by atoms with Gasteiger partial charge in [0, 0.05) is 16.5 Å². The van der Waals surface area contributed by atoms with Gasteiger partial charge in [0.15, 0.2) is 5.25 Å². The largest absolute Gasteiger partial charge is 0.372 e. The van der Waals surface area contributed by atoms with Crippen molar-refractivity contribution < 1.29 is 9.53 Å². The van der Waals surface area contributed by atoms with Gasteiger partial charge in [-0.2, -0.15) is 0 Å². The Bertz CT molecular complexity index is 436. The molecule has 1 heterocycles. The highest BCUT2D eigenvalue weighted by Crippen LogP contribution is 2.19. The molecule has 1 saturated heterocycles. The van der Waals surface area contributed by atoms with E-state index in [2.05, 4.69) is 13.0 Å². The minimum absolute atomic E-state index is 0.134. The molecule has 1 aliphatic rings. The van der Waals surface area contributed by atoms with E-state index in [4.69, 9.17) is 4.74 Å². The van der Waals surface area contributed by atoms with Crippen LogP contribution in [0.1, 0.15) is 28.4 Å². The van der Waals surface area contributed by atoms with Gasteiger partial charge >= 0.3 is 0 Å². The lowest BCUT2D eigenvalue weighted by atomic mass is 10.0. The van der Waals surface area contributed by atoms with Crippen molar-refractivity contribution in [1.82, 2.24) is 0 Å². The van der Waals surface area contributed by atoms with E-state index in [1.807, 2.05) is 26.0 Å². The Morgan fingerprint density at radius 1 is 1.28 bits per heavy atom. The number of carbonyl (C=O) groups excluding carboxylic acids is 1. The minimum atomic E-state index is 0.134. The molecule has 2 nitrogen and oxygen atoms in total. The zero-order chi connectivity index (χ0) is 13.1. The molecule has 0 amide bonds. The maximum absolute atomic E-state index is 12.6. The molecule has 0 saturated carbocycles. The molecule has 1 fully saturated rings. The molecule has 1 unspecified atom stereocenters. The Labute approximate surface area is 112 Å². The summed E-state index contributed by atoms with van der Waals surface area (Å²) in [4.78, 5) is 12.6. The molecule has 0 bridgehead atoms. The van der Waals surface area contributed by atoms with Crippen LogP contribution in [0.3, 0.4) is 0 Å². The Hall–Kier alpha value is -0.800. The lowest BCUT2D eigenvalue weighted by Gasteiger charge is -2.19. The first-order valence-electron chi connectivity index (χ1n) is 6.45. The normalized spacial score (nSPS) is 18.6. The Balaban J connectivity index is 2.16. The first-order chi connectivity index (χ1) is 8.59. The van der Waals surface area contributed by atoms with Crippen LogP contribution in [-0.4, -0.2) is 35.8 Å². The first-order valence-corrected chi connectivity index (χ1v) is 8.07. The van der Waals surface area contributed by atoms with E-state index in [-0.39, 0.29) is 16.1 Å². The first kappa shape index (κ1) is 13.6. The van der Waals surface area contributed by atoms with Crippen LogP contribution in [0.25, 0.3) is 0 Å². The standard InChI is InChI=1S/C15H21O2S/c1-11-4-5-12(2)14(10-11)15(16)13(3)18-8-6-17-7-9-18/h4-5,10,13H,6-9H2,1-3H3/q+1. The zero-order valence-electron chi connectivity index (χ0n) is 11.4. The van der Waals surface area contributed by atoms with E-state index in [9.17, 15) is 4.79 Å². The summed E-state index contributed by atoms with van der Waals surface area (Å²) in [5.41, 5.74) is 3.15. The van der Waals surface area contributed by atoms with Crippen LogP contribution in [0.2, 0.25) is 0 Å². The van der Waals surface area contributed by atoms with Gasteiger partial charge in [-0.1, -0.05) is 17.7 Å². The number of carbonyl (C=O) groups is 1. The van der Waals surface area contributed by atoms with Gasteiger partial charge in [0.25, 0.3) is 0 Å². The van der Waals surface area contributed by atoms with Crippen molar-refractivity contribution in [2.24, 2.45) is 0 Å². The second-order valence-electron chi connectivity index (χ2n) is 4.88. The number of ketones is 1. The summed E-state index contributed by atoms with van der Waals surface area (Å²) < 4.78 is 5.37. The maximum Gasteiger partial charge on any atom is 0.214 e. The smallest absolute Gasteiger partial charge is 0.214 e. The summed E-state index contributed by atoms with van der Waals surface area (Å²) in [5.74, 6) is 2.39. The zero-order valence-corrected chi connectivity index (χ0v) is 12.2. The quantitative estimate of drug-likeness (QED) is 0.620. The molecule has 1 aromatic carbocycles. The van der Waals surface area contributed by atoms with Crippen LogP contribution in [-0.2, 0) is 15.6 Å². The molecule has 1 aliphatic heterocycles. The van der Waals surface area contributed by atoms with Crippen LogP contribution in [0.15, 0.2) is 18.2 Å². The van der Waals surface area contributed by atoms with Crippen LogP contribution >= 0.6 is 0 Å². The summed E-state index contributed by atoms with van der Waals surface area (Å²) in [6.07, 6.45) is 0. The second kappa shape index (κ2) is 5.89. The van der Waals surface area contributed by atoms with Crippen molar-refractivity contribution in [3.8, 4) is 0 Å². The SMILES string of the molecule is Cc1ccc(C)c(C(=O)C(C)[S+]2CCOCC2)c1. The van der Waals surface area contributed by atoms with Crippen molar-refractivity contribution in [3.63, 3.8) is 0 Å². The Kier molecular flexibility index (Phi) is 4.46. The highest BCUT2D eigenvalue weighted by Gasteiger charge is 2.35. The van der Waals surface area contributed by atoms with E-state index in [0.717, 1.165) is 41.4 Å². The van der Waals surface area contributed by atoms with Crippen molar-refractivity contribution in [3.05, 3.63) is 34.9 Å². The topological polar surface area (TPSA) is 26.3 Å². The number of hydrogen-bond donors (Lipinski definition) is 0. The van der Waals surface area contributed by atoms with Crippen molar-refractivity contribution in [2.45, 2.75) is 26.0 Å². The van der Waals surface area contributed by atoms with Gasteiger partial charge in [-0.15, -0.1) is 0 Å². The Morgan fingerprint density at radius 2 is 1.94 bits per heavy atom. The second-order valence-corrected chi connectivity index (χ2v) is 7.48. The van der Waals surface area contributed by atoms with E-state index < -0.39 is 0 Å². The number of aryl methyl sites for hydroxylation is 2. The molecule has 0 spiro atoms. The molecular formula is C15H21O2S+. The summed E-state index contributed by atoms with van der Waals surface area (Å²) >= 11 is 0. The van der Waals surface area contributed by atoms with Gasteiger partial charge in [0.05, 0.1) is 13.2 Å². The predicted octanol–water partition coefficient (Wildman–Crippen LogP) is 2.52. The number of rotatable bonds is 3. The molecule has 1 aromatic rings. The van der Waals surface area contributed by atoms with Crippen LogP contribution in [0, 0.1) is 13.8 Å². The van der Waals surface area contributed by atoms with E-state index in [0.29, 0.717) is 5.78 Å². The van der Waals surface area contributed by atoms with Crippen LogP contribution in [0.5, 0.6) is 0 Å². The molecule has 0 aromatic heterocycles. The number of hydrogen-bond acceptors (Lipinski definition) is 2. The monoisotopic (exact) mass is 265 g/mol. The molecule has 3 heteroatoms. The van der Waals surface area contributed by atoms with E-state index in [1.54, 1.807) is 0 Å². The molecule has 0 N–H and O–H groups in total. The summed E-state index contributed by atoms with van der Waals surface area (Å²) in [5, 5.41) is 0.134. The van der Waals surface area contributed by atoms with Crippen molar-refractivity contribution in [2.75, 3.05) is 24.7 Å². The third-order valence-electron chi connectivity index (χ3n) is 3.51.